The molecule has 3 nitrogen and oxygen atoms in total. The lowest BCUT2D eigenvalue weighted by molar-refractivity contribution is -0.361. The van der Waals surface area contributed by atoms with E-state index in [4.69, 9.17) is 0 Å². The van der Waals surface area contributed by atoms with Gasteiger partial charge < -0.3 is 9.29 Å². The van der Waals surface area contributed by atoms with Crippen LogP contribution in [0.2, 0.25) is 0 Å². The average Bonchev–Trinajstić information content (AvgIpc) is 2.15. The second kappa shape index (κ2) is 4.57. The molecule has 17 heavy (non-hydrogen) atoms. The molecule has 0 saturated carbocycles. The molecule has 1 rings (SSSR count). The first-order valence-corrected chi connectivity index (χ1v) is 5.04. The third kappa shape index (κ3) is 3.13. The number of benzene rings is 1. The van der Waals surface area contributed by atoms with Crippen molar-refractivity contribution in [3.05, 3.63) is 24.3 Å². The molecule has 0 aliphatic carbocycles. The van der Waals surface area contributed by atoms with Crippen LogP contribution in [0.3, 0.4) is 0 Å². The smallest absolute Gasteiger partial charge is 0.499 e. The highest BCUT2D eigenvalue weighted by Gasteiger charge is 2.61. The first-order chi connectivity index (χ1) is 7.65. The summed E-state index contributed by atoms with van der Waals surface area (Å²) in [6.07, 6.45) is -11.4. The van der Waals surface area contributed by atoms with Crippen LogP contribution in [-0.2, 0) is 11.1 Å². The van der Waals surface area contributed by atoms with Gasteiger partial charge in [0.1, 0.15) is 5.75 Å². The van der Waals surface area contributed by atoms with Gasteiger partial charge >= 0.3 is 12.3 Å². The monoisotopic (exact) mass is 275 g/mol. The maximum atomic E-state index is 12.5. The van der Waals surface area contributed by atoms with Crippen LogP contribution >= 0.6 is 0 Å². The van der Waals surface area contributed by atoms with Gasteiger partial charge in [-0.15, -0.1) is 0 Å². The molecule has 9 heteroatoms. The average molecular weight is 275 g/mol. The highest BCUT2D eigenvalue weighted by Crippen LogP contribution is 2.38. The van der Waals surface area contributed by atoms with Crippen LogP contribution in [0.15, 0.2) is 29.2 Å². The Hall–Kier alpha value is -1.22. The van der Waals surface area contributed by atoms with Crippen LogP contribution in [0.25, 0.3) is 0 Å². The summed E-state index contributed by atoms with van der Waals surface area (Å²) >= 11 is -2.98. The summed E-state index contributed by atoms with van der Waals surface area (Å²) in [5, 5.41) is 0. The molecule has 0 bridgehead atoms. The van der Waals surface area contributed by atoms with E-state index < -0.39 is 34.0 Å². The number of hydrogen-bond donors (Lipinski definition) is 0. The highest BCUT2D eigenvalue weighted by atomic mass is 32.2. The summed E-state index contributed by atoms with van der Waals surface area (Å²) in [5.41, 5.74) is 0. The number of para-hydroxylation sites is 1. The van der Waals surface area contributed by atoms with Crippen LogP contribution in [-0.4, -0.2) is 21.0 Å². The Bertz CT molecular complexity index is 431. The Balaban J connectivity index is 3.08. The lowest BCUT2D eigenvalue weighted by Crippen LogP contribution is -2.42. The van der Waals surface area contributed by atoms with Crippen molar-refractivity contribution in [2.45, 2.75) is 17.2 Å². The van der Waals surface area contributed by atoms with Crippen molar-refractivity contribution in [2.75, 3.05) is 0 Å². The second-order valence-corrected chi connectivity index (χ2v) is 3.71. The van der Waals surface area contributed by atoms with E-state index in [0.717, 1.165) is 18.2 Å². The topological polar surface area (TPSA) is 49.4 Å². The molecule has 0 radical (unpaired) electrons. The summed E-state index contributed by atoms with van der Waals surface area (Å²) in [6, 6.07) is 3.76. The second-order valence-electron chi connectivity index (χ2n) is 2.80. The van der Waals surface area contributed by atoms with E-state index in [-0.39, 0.29) is 0 Å². The Kier molecular flexibility index (Phi) is 3.72. The van der Waals surface area contributed by atoms with E-state index in [1.54, 1.807) is 0 Å². The summed E-state index contributed by atoms with van der Waals surface area (Å²) in [5.74, 6) is -1.07. The van der Waals surface area contributed by atoms with Gasteiger partial charge in [0.15, 0.2) is 0 Å². The van der Waals surface area contributed by atoms with Gasteiger partial charge in [0.2, 0.25) is 0 Å². The lowest BCUT2D eigenvalue weighted by atomic mass is 10.3. The van der Waals surface area contributed by atoms with Crippen molar-refractivity contribution >= 4 is 11.1 Å². The fourth-order valence-corrected chi connectivity index (χ4v) is 1.33. The third-order valence-electron chi connectivity index (χ3n) is 1.60. The first kappa shape index (κ1) is 13.8. The van der Waals surface area contributed by atoms with Gasteiger partial charge in [0, 0.05) is 0 Å². The van der Waals surface area contributed by atoms with Gasteiger partial charge in [0.05, 0.1) is 4.90 Å². The van der Waals surface area contributed by atoms with Crippen LogP contribution in [0, 0.1) is 0 Å². The summed E-state index contributed by atoms with van der Waals surface area (Å²) in [7, 11) is 0. The standard InChI is InChI=1S/C8H5F5O3S/c9-7(10,11)8(12,13)16-5-3-1-2-4-6(5)17(14)15/h1-4H,(H,14,15)/p-1. The van der Waals surface area contributed by atoms with E-state index in [1.165, 1.54) is 0 Å². The fourth-order valence-electron chi connectivity index (χ4n) is 0.868. The summed E-state index contributed by atoms with van der Waals surface area (Å²) < 4.78 is 85.0. The minimum Gasteiger partial charge on any atom is -0.768 e. The first-order valence-electron chi connectivity index (χ1n) is 3.97. The molecule has 0 amide bonds. The van der Waals surface area contributed by atoms with Gasteiger partial charge in [-0.3, -0.25) is 4.21 Å². The molecule has 0 aromatic heterocycles. The lowest BCUT2D eigenvalue weighted by Gasteiger charge is -2.22. The molecule has 0 spiro atoms. The Labute approximate surface area is 94.5 Å². The molecule has 0 N–H and O–H groups in total. The van der Waals surface area contributed by atoms with E-state index >= 15 is 0 Å². The SMILES string of the molecule is O=S([O-])c1ccccc1OC(F)(F)C(F)(F)F. The van der Waals surface area contributed by atoms with Crippen LogP contribution in [0.1, 0.15) is 0 Å². The predicted molar refractivity (Wildman–Crippen MR) is 45.3 cm³/mol. The van der Waals surface area contributed by atoms with E-state index in [1.807, 2.05) is 0 Å². The van der Waals surface area contributed by atoms with Crippen molar-refractivity contribution in [1.29, 1.82) is 0 Å². The zero-order valence-electron chi connectivity index (χ0n) is 7.83. The zero-order chi connectivity index (χ0) is 13.3. The Morgan fingerprint density at radius 2 is 1.65 bits per heavy atom. The van der Waals surface area contributed by atoms with E-state index in [2.05, 4.69) is 4.74 Å². The third-order valence-corrected chi connectivity index (χ3v) is 2.29. The molecule has 0 aliphatic rings. The molecule has 1 aromatic carbocycles. The van der Waals surface area contributed by atoms with E-state index in [0.29, 0.717) is 6.07 Å². The number of rotatable bonds is 3. The quantitative estimate of drug-likeness (QED) is 0.629. The molecule has 0 heterocycles. The zero-order valence-corrected chi connectivity index (χ0v) is 8.65. The molecular weight excluding hydrogens is 271 g/mol. The van der Waals surface area contributed by atoms with Crippen LogP contribution in [0.4, 0.5) is 22.0 Å². The molecule has 96 valence electrons. The molecule has 1 atom stereocenters. The summed E-state index contributed by atoms with van der Waals surface area (Å²) in [4.78, 5) is -0.781. The maximum absolute atomic E-state index is 12.5. The predicted octanol–water partition coefficient (Wildman–Crippen LogP) is 2.46. The van der Waals surface area contributed by atoms with Crippen LogP contribution in [0.5, 0.6) is 5.75 Å². The number of halogens is 5. The van der Waals surface area contributed by atoms with Crippen molar-refractivity contribution in [3.8, 4) is 5.75 Å². The fraction of sp³-hybridized carbons (Fsp3) is 0.250. The normalized spacial score (nSPS) is 14.5. The maximum Gasteiger partial charge on any atom is 0.499 e. The van der Waals surface area contributed by atoms with Gasteiger partial charge in [-0.2, -0.15) is 22.0 Å². The minimum atomic E-state index is -5.93. The van der Waals surface area contributed by atoms with Crippen LogP contribution < -0.4 is 4.74 Å². The van der Waals surface area contributed by atoms with Crippen molar-refractivity contribution in [3.63, 3.8) is 0 Å². The number of alkyl halides is 5. The largest absolute Gasteiger partial charge is 0.768 e. The molecule has 1 aromatic rings. The van der Waals surface area contributed by atoms with Crippen molar-refractivity contribution in [2.24, 2.45) is 0 Å². The van der Waals surface area contributed by atoms with E-state index in [9.17, 15) is 30.7 Å². The molecular formula is C8H4F5O3S-. The Morgan fingerprint density at radius 3 is 2.12 bits per heavy atom. The van der Waals surface area contributed by atoms with Gasteiger partial charge in [0.25, 0.3) is 0 Å². The molecule has 0 aliphatic heterocycles. The van der Waals surface area contributed by atoms with Gasteiger partial charge in [-0.1, -0.05) is 12.1 Å². The minimum absolute atomic E-state index is 0.699. The van der Waals surface area contributed by atoms with Crippen molar-refractivity contribution in [1.82, 2.24) is 0 Å². The Morgan fingerprint density at radius 1 is 1.12 bits per heavy atom. The number of hydrogen-bond acceptors (Lipinski definition) is 3. The van der Waals surface area contributed by atoms with Gasteiger partial charge in [-0.25, -0.2) is 0 Å². The summed E-state index contributed by atoms with van der Waals surface area (Å²) in [6.45, 7) is 0. The highest BCUT2D eigenvalue weighted by molar-refractivity contribution is 7.79. The van der Waals surface area contributed by atoms with Crippen molar-refractivity contribution < 1.29 is 35.5 Å². The van der Waals surface area contributed by atoms with Gasteiger partial charge in [-0.05, 0) is 23.2 Å². The molecule has 0 fully saturated rings. The number of ether oxygens (including phenoxy) is 1. The molecule has 0 saturated heterocycles. The molecule has 1 unspecified atom stereocenters.